The molecule has 1 aliphatic rings. The van der Waals surface area contributed by atoms with E-state index in [0.29, 0.717) is 6.61 Å². The van der Waals surface area contributed by atoms with Crippen molar-refractivity contribution in [1.29, 1.82) is 0 Å². The zero-order valence-electron chi connectivity index (χ0n) is 29.9. The Kier molecular flexibility index (Phi) is 14.3. The molecule has 1 fully saturated rings. The van der Waals surface area contributed by atoms with E-state index in [2.05, 4.69) is 5.32 Å². The lowest BCUT2D eigenvalue weighted by molar-refractivity contribution is -0.315. The van der Waals surface area contributed by atoms with Crippen LogP contribution < -0.4 is 5.32 Å². The Morgan fingerprint density at radius 1 is 0.556 bits per heavy atom. The molecule has 2 N–H and O–H groups in total. The Morgan fingerprint density at radius 3 is 1.43 bits per heavy atom. The minimum Gasteiger partial charge on any atom is -0.480 e. The molecular weight excluding hydrogens is 686 g/mol. The summed E-state index contributed by atoms with van der Waals surface area (Å²) in [5.74, 6) is -1.21. The molecule has 0 aromatic heterocycles. The van der Waals surface area contributed by atoms with E-state index in [1.807, 2.05) is 140 Å². The molecule has 6 atom stereocenters. The van der Waals surface area contributed by atoms with Gasteiger partial charge in [0.2, 0.25) is 6.29 Å². The molecule has 10 nitrogen and oxygen atoms in total. The summed E-state index contributed by atoms with van der Waals surface area (Å²) >= 11 is 0. The van der Waals surface area contributed by atoms with Gasteiger partial charge in [0.25, 0.3) is 0 Å². The van der Waals surface area contributed by atoms with Gasteiger partial charge in [0, 0.05) is 6.42 Å². The molecular formula is C44H45NO9. The van der Waals surface area contributed by atoms with Crippen LogP contribution in [0.25, 0.3) is 0 Å². The second-order valence-corrected chi connectivity index (χ2v) is 13.0. The van der Waals surface area contributed by atoms with Gasteiger partial charge >= 0.3 is 12.1 Å². The molecule has 0 bridgehead atoms. The highest BCUT2D eigenvalue weighted by molar-refractivity contribution is 5.80. The van der Waals surface area contributed by atoms with Gasteiger partial charge in [0.05, 0.1) is 33.0 Å². The molecule has 5 aromatic rings. The summed E-state index contributed by atoms with van der Waals surface area (Å²) in [5, 5.41) is 12.5. The van der Waals surface area contributed by atoms with Gasteiger partial charge in [-0.25, -0.2) is 9.59 Å². The van der Waals surface area contributed by atoms with Crippen molar-refractivity contribution in [2.45, 2.75) is 69.6 Å². The number of carboxylic acid groups (broad SMARTS) is 1. The van der Waals surface area contributed by atoms with Gasteiger partial charge in [-0.1, -0.05) is 152 Å². The molecule has 10 heteroatoms. The first-order valence-electron chi connectivity index (χ1n) is 18.0. The van der Waals surface area contributed by atoms with Crippen molar-refractivity contribution in [3.8, 4) is 0 Å². The van der Waals surface area contributed by atoms with Crippen LogP contribution in [0.15, 0.2) is 152 Å². The SMILES string of the molecule is O=C(N[C@@H](Cc1ccccc1)C(=O)O)O[C@H]1OC(COCc2ccccc2)[C@@H](OCc2ccccc2)C(OCc2ccccc2)C1OCc1ccccc1. The fraction of sp³-hybridized carbons (Fsp3) is 0.273. The highest BCUT2D eigenvalue weighted by Crippen LogP contribution is 2.32. The molecule has 0 saturated carbocycles. The van der Waals surface area contributed by atoms with Crippen LogP contribution in [0.3, 0.4) is 0 Å². The van der Waals surface area contributed by atoms with Crippen molar-refractivity contribution in [2.75, 3.05) is 6.61 Å². The fourth-order valence-electron chi connectivity index (χ4n) is 6.17. The van der Waals surface area contributed by atoms with Gasteiger partial charge in [-0.15, -0.1) is 0 Å². The molecule has 3 unspecified atom stereocenters. The lowest BCUT2D eigenvalue weighted by atomic mass is 9.97. The fourth-order valence-corrected chi connectivity index (χ4v) is 6.17. The zero-order valence-corrected chi connectivity index (χ0v) is 29.9. The van der Waals surface area contributed by atoms with E-state index in [1.165, 1.54) is 0 Å². The first-order chi connectivity index (χ1) is 26.5. The van der Waals surface area contributed by atoms with Gasteiger partial charge in [0.1, 0.15) is 30.5 Å². The second-order valence-electron chi connectivity index (χ2n) is 13.0. The van der Waals surface area contributed by atoms with Crippen molar-refractivity contribution in [2.24, 2.45) is 0 Å². The van der Waals surface area contributed by atoms with E-state index >= 15 is 0 Å². The van der Waals surface area contributed by atoms with Crippen LogP contribution in [0.2, 0.25) is 0 Å². The van der Waals surface area contributed by atoms with E-state index in [-0.39, 0.29) is 32.8 Å². The number of ether oxygens (including phenoxy) is 6. The number of carbonyl (C=O) groups is 2. The zero-order chi connectivity index (χ0) is 37.4. The smallest absolute Gasteiger partial charge is 0.410 e. The standard InChI is InChI=1S/C44H45NO9/c46-42(47)37(26-32-16-6-1-7-17-32)45-44(48)54-43-41(52-30-36-24-14-5-15-25-36)40(51-29-35-22-12-4-13-23-35)39(50-28-34-20-10-3-11-21-34)38(53-43)31-49-27-33-18-8-2-9-19-33/h1-25,37-41,43H,26-31H2,(H,45,48)(H,46,47)/t37-,38?,39+,40?,41?,43+/m0/s1. The van der Waals surface area contributed by atoms with Crippen LogP contribution in [-0.4, -0.2) is 60.5 Å². The van der Waals surface area contributed by atoms with E-state index in [9.17, 15) is 14.7 Å². The molecule has 0 aliphatic carbocycles. The molecule has 5 aromatic carbocycles. The largest absolute Gasteiger partial charge is 0.480 e. The number of nitrogens with one attached hydrogen (secondary N) is 1. The topological polar surface area (TPSA) is 122 Å². The third-order valence-electron chi connectivity index (χ3n) is 8.94. The van der Waals surface area contributed by atoms with Crippen LogP contribution in [-0.2, 0) is 66.1 Å². The highest BCUT2D eigenvalue weighted by Gasteiger charge is 2.50. The summed E-state index contributed by atoms with van der Waals surface area (Å²) in [6, 6.07) is 46.6. The predicted octanol–water partition coefficient (Wildman–Crippen LogP) is 7.11. The Balaban J connectivity index is 1.30. The minimum atomic E-state index is -1.33. The number of aliphatic carboxylic acids is 1. The third-order valence-corrected chi connectivity index (χ3v) is 8.94. The Labute approximate surface area is 315 Å². The molecule has 1 heterocycles. The third kappa shape index (κ3) is 11.6. The minimum absolute atomic E-state index is 0.0545. The molecule has 1 saturated heterocycles. The van der Waals surface area contributed by atoms with E-state index in [4.69, 9.17) is 28.4 Å². The van der Waals surface area contributed by atoms with Gasteiger partial charge in [0.15, 0.2) is 0 Å². The first kappa shape index (κ1) is 38.4. The summed E-state index contributed by atoms with van der Waals surface area (Å²) in [7, 11) is 0. The van der Waals surface area contributed by atoms with Gasteiger partial charge in [-0.3, -0.25) is 0 Å². The van der Waals surface area contributed by atoms with Crippen LogP contribution in [0, 0.1) is 0 Å². The van der Waals surface area contributed by atoms with Crippen LogP contribution in [0.4, 0.5) is 4.79 Å². The summed E-state index contributed by atoms with van der Waals surface area (Å²) < 4.78 is 38.6. The van der Waals surface area contributed by atoms with Crippen molar-refractivity contribution < 1.29 is 43.1 Å². The maximum atomic E-state index is 13.6. The number of alkyl carbamates (subject to hydrolysis) is 1. The molecule has 54 heavy (non-hydrogen) atoms. The summed E-state index contributed by atoms with van der Waals surface area (Å²) in [6.45, 7) is 0.969. The first-order valence-corrected chi connectivity index (χ1v) is 18.0. The lowest BCUT2D eigenvalue weighted by Crippen LogP contribution is -2.62. The van der Waals surface area contributed by atoms with Crippen molar-refractivity contribution in [3.63, 3.8) is 0 Å². The number of carboxylic acids is 1. The normalized spacial score (nSPS) is 20.1. The van der Waals surface area contributed by atoms with Crippen LogP contribution in [0.5, 0.6) is 0 Å². The summed E-state index contributed by atoms with van der Waals surface area (Å²) in [5.41, 5.74) is 4.46. The van der Waals surface area contributed by atoms with E-state index in [0.717, 1.165) is 27.8 Å². The number of rotatable bonds is 18. The predicted molar refractivity (Wildman–Crippen MR) is 201 cm³/mol. The number of hydrogen-bond acceptors (Lipinski definition) is 8. The van der Waals surface area contributed by atoms with Crippen molar-refractivity contribution in [1.82, 2.24) is 5.32 Å². The maximum Gasteiger partial charge on any atom is 0.410 e. The lowest BCUT2D eigenvalue weighted by Gasteiger charge is -2.45. The summed E-state index contributed by atoms with van der Waals surface area (Å²) in [4.78, 5) is 25.9. The number of benzene rings is 5. The molecule has 0 spiro atoms. The highest BCUT2D eigenvalue weighted by atomic mass is 16.7. The molecule has 1 amide bonds. The van der Waals surface area contributed by atoms with Crippen molar-refractivity contribution in [3.05, 3.63) is 179 Å². The van der Waals surface area contributed by atoms with E-state index < -0.39 is 48.8 Å². The summed E-state index contributed by atoms with van der Waals surface area (Å²) in [6.07, 6.45) is -5.60. The average molecular weight is 732 g/mol. The number of hydrogen-bond donors (Lipinski definition) is 2. The number of amides is 1. The molecule has 280 valence electrons. The van der Waals surface area contributed by atoms with Gasteiger partial charge in [-0.2, -0.15) is 0 Å². The Morgan fingerprint density at radius 2 is 0.963 bits per heavy atom. The number of carbonyl (C=O) groups excluding carboxylic acids is 1. The van der Waals surface area contributed by atoms with Gasteiger partial charge in [-0.05, 0) is 27.8 Å². The quantitative estimate of drug-likeness (QED) is 0.0972. The van der Waals surface area contributed by atoms with Crippen LogP contribution in [0.1, 0.15) is 27.8 Å². The average Bonchev–Trinajstić information content (AvgIpc) is 3.21. The van der Waals surface area contributed by atoms with E-state index in [1.54, 1.807) is 12.1 Å². The Bertz CT molecular complexity index is 1830. The molecule has 6 rings (SSSR count). The Hall–Kier alpha value is -5.36. The molecule has 1 aliphatic heterocycles. The van der Waals surface area contributed by atoms with Gasteiger partial charge < -0.3 is 38.8 Å². The monoisotopic (exact) mass is 731 g/mol. The van der Waals surface area contributed by atoms with Crippen LogP contribution >= 0.6 is 0 Å². The second kappa shape index (κ2) is 20.2. The van der Waals surface area contributed by atoms with Crippen molar-refractivity contribution >= 4 is 12.1 Å². The molecule has 0 radical (unpaired) electrons. The maximum absolute atomic E-state index is 13.6.